The van der Waals surface area contributed by atoms with E-state index in [4.69, 9.17) is 4.74 Å². The van der Waals surface area contributed by atoms with Gasteiger partial charge in [0.2, 0.25) is 5.75 Å². The van der Waals surface area contributed by atoms with E-state index in [1.165, 1.54) is 31.2 Å². The summed E-state index contributed by atoms with van der Waals surface area (Å²) in [6.07, 6.45) is 0. The number of Topliss-reactive ketones (excluding diaryl/α,β-unsaturated/α-hetero) is 1. The Balaban J connectivity index is 2.45. The Morgan fingerprint density at radius 2 is 1.90 bits per heavy atom. The van der Waals surface area contributed by atoms with Crippen LogP contribution in [0.4, 0.5) is 10.1 Å². The molecule has 0 radical (unpaired) electrons. The fraction of sp³-hybridized carbons (Fsp3) is 0.0714. The van der Waals surface area contributed by atoms with Crippen molar-refractivity contribution in [3.8, 4) is 11.5 Å². The van der Waals surface area contributed by atoms with E-state index in [2.05, 4.69) is 0 Å². The molecule has 0 spiro atoms. The van der Waals surface area contributed by atoms with Crippen molar-refractivity contribution in [1.29, 1.82) is 0 Å². The van der Waals surface area contributed by atoms with Gasteiger partial charge in [-0.15, -0.1) is 0 Å². The van der Waals surface area contributed by atoms with Gasteiger partial charge in [0.15, 0.2) is 5.78 Å². The summed E-state index contributed by atoms with van der Waals surface area (Å²) in [4.78, 5) is 21.7. The lowest BCUT2D eigenvalue weighted by molar-refractivity contribution is -0.385. The van der Waals surface area contributed by atoms with Crippen molar-refractivity contribution >= 4 is 11.5 Å². The molecule has 2 rings (SSSR count). The van der Waals surface area contributed by atoms with E-state index < -0.39 is 16.5 Å². The van der Waals surface area contributed by atoms with Crippen LogP contribution in [0, 0.1) is 15.9 Å². The number of nitro groups is 1. The summed E-state index contributed by atoms with van der Waals surface area (Å²) in [6, 6.07) is 9.18. The van der Waals surface area contributed by atoms with E-state index in [0.717, 1.165) is 12.1 Å². The standard InChI is InChI=1S/C14H10FNO4/c1-9(17)11-8-10(15)6-7-13(11)20-14-5-3-2-4-12(14)16(18)19/h2-8H,1H3. The van der Waals surface area contributed by atoms with Crippen LogP contribution >= 0.6 is 0 Å². The van der Waals surface area contributed by atoms with Crippen LogP contribution in [-0.4, -0.2) is 10.7 Å². The average Bonchev–Trinajstić information content (AvgIpc) is 2.41. The molecule has 102 valence electrons. The van der Waals surface area contributed by atoms with E-state index in [9.17, 15) is 19.3 Å². The molecule has 2 aromatic carbocycles. The van der Waals surface area contributed by atoms with Crippen LogP contribution in [0.15, 0.2) is 42.5 Å². The second-order valence-corrected chi connectivity index (χ2v) is 4.02. The van der Waals surface area contributed by atoms with Gasteiger partial charge in [0.25, 0.3) is 0 Å². The fourth-order valence-electron chi connectivity index (χ4n) is 1.68. The molecule has 0 unspecified atom stereocenters. The topological polar surface area (TPSA) is 69.4 Å². The van der Waals surface area contributed by atoms with Gasteiger partial charge < -0.3 is 4.74 Å². The molecule has 0 saturated carbocycles. The third kappa shape index (κ3) is 2.80. The molecule has 0 aliphatic rings. The molecule has 20 heavy (non-hydrogen) atoms. The maximum absolute atomic E-state index is 13.1. The van der Waals surface area contributed by atoms with Gasteiger partial charge in [-0.25, -0.2) is 4.39 Å². The van der Waals surface area contributed by atoms with E-state index in [1.807, 2.05) is 0 Å². The zero-order chi connectivity index (χ0) is 14.7. The predicted octanol–water partition coefficient (Wildman–Crippen LogP) is 3.73. The summed E-state index contributed by atoms with van der Waals surface area (Å²) < 4.78 is 18.5. The van der Waals surface area contributed by atoms with Crippen molar-refractivity contribution in [2.75, 3.05) is 0 Å². The summed E-state index contributed by atoms with van der Waals surface area (Å²) in [5.41, 5.74) is -0.200. The SMILES string of the molecule is CC(=O)c1cc(F)ccc1Oc1ccccc1[N+](=O)[O-]. The molecule has 0 aromatic heterocycles. The quantitative estimate of drug-likeness (QED) is 0.484. The number of carbonyl (C=O) groups is 1. The van der Waals surface area contributed by atoms with Crippen molar-refractivity contribution in [1.82, 2.24) is 0 Å². The minimum atomic E-state index is -0.591. The number of hydrogen-bond acceptors (Lipinski definition) is 4. The van der Waals surface area contributed by atoms with Gasteiger partial charge in [-0.1, -0.05) is 12.1 Å². The number of hydrogen-bond donors (Lipinski definition) is 0. The number of halogens is 1. The number of carbonyl (C=O) groups excluding carboxylic acids is 1. The van der Waals surface area contributed by atoms with Crippen LogP contribution in [-0.2, 0) is 0 Å². The lowest BCUT2D eigenvalue weighted by Gasteiger charge is -2.09. The largest absolute Gasteiger partial charge is 0.449 e. The van der Waals surface area contributed by atoms with Crippen molar-refractivity contribution < 1.29 is 18.8 Å². The Bertz CT molecular complexity index is 685. The molecular weight excluding hydrogens is 265 g/mol. The summed E-state index contributed by atoms with van der Waals surface area (Å²) in [5, 5.41) is 10.9. The molecule has 0 atom stereocenters. The summed E-state index contributed by atoms with van der Waals surface area (Å²) in [7, 11) is 0. The average molecular weight is 275 g/mol. The number of ether oxygens (including phenoxy) is 1. The number of rotatable bonds is 4. The minimum Gasteiger partial charge on any atom is -0.449 e. The number of benzene rings is 2. The van der Waals surface area contributed by atoms with E-state index in [-0.39, 0.29) is 22.7 Å². The molecule has 6 heteroatoms. The van der Waals surface area contributed by atoms with E-state index in [0.29, 0.717) is 0 Å². The Morgan fingerprint density at radius 1 is 1.20 bits per heavy atom. The summed E-state index contributed by atoms with van der Waals surface area (Å²) >= 11 is 0. The fourth-order valence-corrected chi connectivity index (χ4v) is 1.68. The van der Waals surface area contributed by atoms with Crippen LogP contribution in [0.25, 0.3) is 0 Å². The zero-order valence-corrected chi connectivity index (χ0v) is 10.5. The maximum Gasteiger partial charge on any atom is 0.311 e. The van der Waals surface area contributed by atoms with Gasteiger partial charge in [0.1, 0.15) is 11.6 Å². The molecule has 0 aliphatic carbocycles. The zero-order valence-electron chi connectivity index (χ0n) is 10.5. The predicted molar refractivity (Wildman–Crippen MR) is 69.6 cm³/mol. The first kappa shape index (κ1) is 13.7. The first-order valence-corrected chi connectivity index (χ1v) is 5.71. The highest BCUT2D eigenvalue weighted by Gasteiger charge is 2.17. The number of para-hydroxylation sites is 2. The molecular formula is C14H10FNO4. The lowest BCUT2D eigenvalue weighted by atomic mass is 10.1. The lowest BCUT2D eigenvalue weighted by Crippen LogP contribution is -1.99. The molecule has 0 fully saturated rings. The van der Waals surface area contributed by atoms with Gasteiger partial charge in [-0.3, -0.25) is 14.9 Å². The van der Waals surface area contributed by atoms with Crippen molar-refractivity contribution in [3.63, 3.8) is 0 Å². The highest BCUT2D eigenvalue weighted by Crippen LogP contribution is 2.32. The van der Waals surface area contributed by atoms with Crippen molar-refractivity contribution in [2.45, 2.75) is 6.92 Å². The minimum absolute atomic E-state index is 0.00777. The molecule has 0 bridgehead atoms. The summed E-state index contributed by atoms with van der Waals surface area (Å²) in [5.74, 6) is -0.900. The number of nitrogens with zero attached hydrogens (tertiary/aromatic N) is 1. The first-order valence-electron chi connectivity index (χ1n) is 5.71. The molecule has 0 N–H and O–H groups in total. The highest BCUT2D eigenvalue weighted by molar-refractivity contribution is 5.96. The second-order valence-electron chi connectivity index (χ2n) is 4.02. The normalized spacial score (nSPS) is 10.1. The Morgan fingerprint density at radius 3 is 2.55 bits per heavy atom. The van der Waals surface area contributed by atoms with Crippen LogP contribution in [0.5, 0.6) is 11.5 Å². The monoisotopic (exact) mass is 275 g/mol. The van der Waals surface area contributed by atoms with Crippen LogP contribution < -0.4 is 4.74 Å². The number of nitro benzene ring substituents is 1. The van der Waals surface area contributed by atoms with Crippen molar-refractivity contribution in [3.05, 3.63) is 64.0 Å². The molecule has 0 heterocycles. The van der Waals surface area contributed by atoms with Gasteiger partial charge in [0, 0.05) is 6.07 Å². The Labute approximate surface area is 113 Å². The van der Waals surface area contributed by atoms with E-state index >= 15 is 0 Å². The second kappa shape index (κ2) is 5.48. The Hall–Kier alpha value is -2.76. The van der Waals surface area contributed by atoms with Gasteiger partial charge in [0.05, 0.1) is 10.5 Å². The smallest absolute Gasteiger partial charge is 0.311 e. The van der Waals surface area contributed by atoms with Gasteiger partial charge in [-0.2, -0.15) is 0 Å². The third-order valence-electron chi connectivity index (χ3n) is 2.60. The molecule has 0 aliphatic heterocycles. The maximum atomic E-state index is 13.1. The molecule has 0 saturated heterocycles. The van der Waals surface area contributed by atoms with E-state index in [1.54, 1.807) is 6.07 Å². The van der Waals surface area contributed by atoms with Crippen molar-refractivity contribution in [2.24, 2.45) is 0 Å². The number of ketones is 1. The third-order valence-corrected chi connectivity index (χ3v) is 2.60. The van der Waals surface area contributed by atoms with Crippen LogP contribution in [0.3, 0.4) is 0 Å². The molecule has 2 aromatic rings. The summed E-state index contributed by atoms with van der Waals surface area (Å²) in [6.45, 7) is 1.26. The molecule has 5 nitrogen and oxygen atoms in total. The highest BCUT2D eigenvalue weighted by atomic mass is 19.1. The van der Waals surface area contributed by atoms with Gasteiger partial charge >= 0.3 is 5.69 Å². The van der Waals surface area contributed by atoms with Crippen LogP contribution in [0.2, 0.25) is 0 Å². The molecule has 0 amide bonds. The Kier molecular flexibility index (Phi) is 3.74. The van der Waals surface area contributed by atoms with Crippen LogP contribution in [0.1, 0.15) is 17.3 Å². The first-order chi connectivity index (χ1) is 9.49. The van der Waals surface area contributed by atoms with Gasteiger partial charge in [-0.05, 0) is 31.2 Å².